The van der Waals surface area contributed by atoms with E-state index in [2.05, 4.69) is 26.7 Å². The molecule has 1 saturated heterocycles. The quantitative estimate of drug-likeness (QED) is 0.401. The van der Waals surface area contributed by atoms with Gasteiger partial charge in [0.25, 0.3) is 5.91 Å². The van der Waals surface area contributed by atoms with Crippen molar-refractivity contribution in [2.75, 3.05) is 27.2 Å². The number of allylic oxidation sites excluding steroid dienone is 2. The number of rotatable bonds is 7. The summed E-state index contributed by atoms with van der Waals surface area (Å²) in [6, 6.07) is -0.537. The SMILES string of the molecule is CN/C=C(/NC(=O)C1C=CC=C(N2C=C(C)CN2)N1)C(NC)N1CCC(C)(C)C1=O. The van der Waals surface area contributed by atoms with Crippen LogP contribution in [-0.4, -0.2) is 61.1 Å². The van der Waals surface area contributed by atoms with Gasteiger partial charge in [-0.05, 0) is 32.0 Å². The Morgan fingerprint density at radius 2 is 2.13 bits per heavy atom. The molecule has 0 aromatic rings. The first kappa shape index (κ1) is 21.9. The minimum absolute atomic E-state index is 0.0706. The van der Waals surface area contributed by atoms with Crippen LogP contribution in [0.5, 0.6) is 0 Å². The number of likely N-dealkylation sites (tertiary alicyclic amines) is 1. The van der Waals surface area contributed by atoms with E-state index in [4.69, 9.17) is 0 Å². The van der Waals surface area contributed by atoms with Crippen LogP contribution >= 0.6 is 0 Å². The number of dihydropyridines is 1. The number of carbonyl (C=O) groups excluding carboxylic acids is 2. The van der Waals surface area contributed by atoms with Gasteiger partial charge in [0.05, 0.1) is 5.70 Å². The molecule has 0 saturated carbocycles. The lowest BCUT2D eigenvalue weighted by Crippen LogP contribution is -2.54. The summed E-state index contributed by atoms with van der Waals surface area (Å²) < 4.78 is 0. The highest BCUT2D eigenvalue weighted by Gasteiger charge is 2.42. The molecule has 0 radical (unpaired) electrons. The highest BCUT2D eigenvalue weighted by molar-refractivity contribution is 5.87. The molecular formula is C21H33N7O2. The Balaban J connectivity index is 1.70. The van der Waals surface area contributed by atoms with Crippen LogP contribution < -0.4 is 26.7 Å². The van der Waals surface area contributed by atoms with Crippen LogP contribution in [0.2, 0.25) is 0 Å². The summed E-state index contributed by atoms with van der Waals surface area (Å²) in [5, 5.41) is 14.3. The van der Waals surface area contributed by atoms with E-state index in [0.717, 1.165) is 18.8 Å². The highest BCUT2D eigenvalue weighted by Crippen LogP contribution is 2.32. The van der Waals surface area contributed by atoms with Crippen LogP contribution in [0.15, 0.2) is 47.7 Å². The third-order valence-electron chi connectivity index (χ3n) is 5.55. The molecule has 3 heterocycles. The zero-order valence-electron chi connectivity index (χ0n) is 18.4. The Morgan fingerprint density at radius 3 is 2.70 bits per heavy atom. The summed E-state index contributed by atoms with van der Waals surface area (Å²) >= 11 is 0. The maximum atomic E-state index is 13.0. The van der Waals surface area contributed by atoms with E-state index in [1.807, 2.05) is 44.1 Å². The Labute approximate surface area is 178 Å². The molecule has 5 N–H and O–H groups in total. The molecule has 30 heavy (non-hydrogen) atoms. The third-order valence-corrected chi connectivity index (χ3v) is 5.55. The second-order valence-corrected chi connectivity index (χ2v) is 8.44. The summed E-state index contributed by atoms with van der Waals surface area (Å²) in [6.45, 7) is 7.36. The Hall–Kier alpha value is -2.78. The molecule has 164 valence electrons. The van der Waals surface area contributed by atoms with Gasteiger partial charge >= 0.3 is 0 Å². The molecule has 0 aromatic carbocycles. The van der Waals surface area contributed by atoms with Crippen LogP contribution in [0.1, 0.15) is 27.2 Å². The smallest absolute Gasteiger partial charge is 0.250 e. The standard InChI is InChI=1S/C21H33N7O2/c1-14-11-24-28(13-14)17-8-6-7-15(25-17)19(29)26-16(12-22-4)18(23-5)27-10-9-21(2,3)20(27)30/h6-8,12-13,15,18,22-25H,9-11H2,1-5H3,(H,26,29)/b16-12+. The molecule has 3 rings (SSSR count). The van der Waals surface area contributed by atoms with Gasteiger partial charge in [-0.2, -0.15) is 0 Å². The summed E-state index contributed by atoms with van der Waals surface area (Å²) in [6.07, 6.45) is 9.65. The van der Waals surface area contributed by atoms with Gasteiger partial charge in [-0.3, -0.25) is 19.9 Å². The summed E-state index contributed by atoms with van der Waals surface area (Å²) in [5.41, 5.74) is 4.65. The number of hydrogen-bond donors (Lipinski definition) is 5. The fourth-order valence-electron chi connectivity index (χ4n) is 3.77. The number of nitrogens with zero attached hydrogens (tertiary/aromatic N) is 2. The molecule has 0 aliphatic carbocycles. The van der Waals surface area contributed by atoms with E-state index in [9.17, 15) is 9.59 Å². The molecule has 0 spiro atoms. The van der Waals surface area contributed by atoms with Crippen molar-refractivity contribution >= 4 is 11.8 Å². The van der Waals surface area contributed by atoms with Crippen molar-refractivity contribution in [1.82, 2.24) is 36.6 Å². The van der Waals surface area contributed by atoms with E-state index in [1.54, 1.807) is 31.3 Å². The minimum atomic E-state index is -0.537. The number of nitrogens with one attached hydrogen (secondary N) is 5. The summed E-state index contributed by atoms with van der Waals surface area (Å²) in [7, 11) is 3.55. The zero-order valence-corrected chi connectivity index (χ0v) is 18.4. The molecular weight excluding hydrogens is 382 g/mol. The Bertz CT molecular complexity index is 812. The first-order valence-corrected chi connectivity index (χ1v) is 10.3. The van der Waals surface area contributed by atoms with Gasteiger partial charge in [-0.15, -0.1) is 0 Å². The Kier molecular flexibility index (Phi) is 6.52. The fourth-order valence-corrected chi connectivity index (χ4v) is 3.77. The average Bonchev–Trinajstić information content (AvgIpc) is 3.27. The van der Waals surface area contributed by atoms with Crippen molar-refractivity contribution < 1.29 is 9.59 Å². The van der Waals surface area contributed by atoms with Crippen molar-refractivity contribution in [3.8, 4) is 0 Å². The van der Waals surface area contributed by atoms with Gasteiger partial charge in [0.1, 0.15) is 18.0 Å². The van der Waals surface area contributed by atoms with Gasteiger partial charge in [-0.25, -0.2) is 5.43 Å². The Morgan fingerprint density at radius 1 is 1.37 bits per heavy atom. The number of hydrazine groups is 1. The van der Waals surface area contributed by atoms with Crippen LogP contribution in [0, 0.1) is 5.41 Å². The van der Waals surface area contributed by atoms with Crippen LogP contribution in [0.3, 0.4) is 0 Å². The first-order chi connectivity index (χ1) is 14.3. The van der Waals surface area contributed by atoms with E-state index in [0.29, 0.717) is 12.2 Å². The normalized spacial score (nSPS) is 24.4. The maximum Gasteiger partial charge on any atom is 0.250 e. The number of likely N-dealkylation sites (N-methyl/N-ethyl adjacent to an activating group) is 1. The van der Waals surface area contributed by atoms with Crippen molar-refractivity contribution in [3.05, 3.63) is 47.7 Å². The van der Waals surface area contributed by atoms with E-state index in [1.165, 1.54) is 5.57 Å². The van der Waals surface area contributed by atoms with Crippen molar-refractivity contribution in [1.29, 1.82) is 0 Å². The van der Waals surface area contributed by atoms with Gasteiger partial charge in [-0.1, -0.05) is 26.0 Å². The lowest BCUT2D eigenvalue weighted by Gasteiger charge is -2.32. The van der Waals surface area contributed by atoms with Gasteiger partial charge < -0.3 is 20.9 Å². The summed E-state index contributed by atoms with van der Waals surface area (Å²) in [5.74, 6) is 0.668. The highest BCUT2D eigenvalue weighted by atomic mass is 16.2. The van der Waals surface area contributed by atoms with Gasteiger partial charge in [0.15, 0.2) is 0 Å². The monoisotopic (exact) mass is 415 g/mol. The van der Waals surface area contributed by atoms with Crippen molar-refractivity contribution in [2.45, 2.75) is 39.4 Å². The predicted octanol–water partition coefficient (Wildman–Crippen LogP) is 0.0608. The third kappa shape index (κ3) is 4.52. The molecule has 0 aromatic heterocycles. The van der Waals surface area contributed by atoms with Crippen LogP contribution in [-0.2, 0) is 9.59 Å². The summed E-state index contributed by atoms with van der Waals surface area (Å²) in [4.78, 5) is 27.6. The number of amides is 2. The largest absolute Gasteiger partial charge is 0.392 e. The predicted molar refractivity (Wildman–Crippen MR) is 116 cm³/mol. The fraction of sp³-hybridized carbons (Fsp3) is 0.524. The maximum absolute atomic E-state index is 13.0. The molecule has 1 fully saturated rings. The van der Waals surface area contributed by atoms with Crippen LogP contribution in [0.4, 0.5) is 0 Å². The molecule has 2 unspecified atom stereocenters. The molecule has 9 nitrogen and oxygen atoms in total. The topological polar surface area (TPSA) is 101 Å². The molecule has 3 aliphatic rings. The van der Waals surface area contributed by atoms with E-state index >= 15 is 0 Å². The van der Waals surface area contributed by atoms with E-state index < -0.39 is 17.6 Å². The molecule has 0 bridgehead atoms. The van der Waals surface area contributed by atoms with Crippen molar-refractivity contribution in [2.24, 2.45) is 5.41 Å². The number of hydrogen-bond acceptors (Lipinski definition) is 7. The lowest BCUT2D eigenvalue weighted by molar-refractivity contribution is -0.136. The molecule has 2 atom stereocenters. The zero-order chi connectivity index (χ0) is 21.9. The van der Waals surface area contributed by atoms with Gasteiger partial charge in [0, 0.05) is 38.0 Å². The van der Waals surface area contributed by atoms with Crippen molar-refractivity contribution in [3.63, 3.8) is 0 Å². The second kappa shape index (κ2) is 8.93. The average molecular weight is 416 g/mol. The lowest BCUT2D eigenvalue weighted by atomic mass is 9.92. The van der Waals surface area contributed by atoms with Crippen LogP contribution in [0.25, 0.3) is 0 Å². The number of carbonyl (C=O) groups is 2. The minimum Gasteiger partial charge on any atom is -0.392 e. The van der Waals surface area contributed by atoms with Gasteiger partial charge in [0.2, 0.25) is 5.91 Å². The first-order valence-electron chi connectivity index (χ1n) is 10.3. The molecule has 3 aliphatic heterocycles. The van der Waals surface area contributed by atoms with E-state index in [-0.39, 0.29) is 11.8 Å². The second-order valence-electron chi connectivity index (χ2n) is 8.44. The molecule has 9 heteroatoms. The molecule has 2 amide bonds.